The van der Waals surface area contributed by atoms with Gasteiger partial charge < -0.3 is 50.0 Å². The summed E-state index contributed by atoms with van der Waals surface area (Å²) in [5.74, 6) is -3.20. The number of fused-ring (bicyclic) bond motifs is 10. The van der Waals surface area contributed by atoms with Gasteiger partial charge in [-0.25, -0.2) is 4.79 Å². The molecule has 0 radical (unpaired) electrons. The van der Waals surface area contributed by atoms with E-state index in [0.29, 0.717) is 5.39 Å². The Balaban J connectivity index is 1.47. The number of anilines is 1. The highest BCUT2D eigenvalue weighted by molar-refractivity contribution is 6.39. The minimum Gasteiger partial charge on any atom is -0.506 e. The van der Waals surface area contributed by atoms with Crippen molar-refractivity contribution >= 4 is 67.1 Å². The number of carbonyl (C=O) groups excluding carboxylic acids is 2. The Morgan fingerprint density at radius 2 is 1.44 bits per heavy atom. The summed E-state index contributed by atoms with van der Waals surface area (Å²) in [7, 11) is 0. The van der Waals surface area contributed by atoms with E-state index in [2.05, 4.69) is 10.4 Å². The van der Waals surface area contributed by atoms with Gasteiger partial charge in [0.15, 0.2) is 6.23 Å². The number of aliphatic hydroxyl groups excluding tert-OH is 4. The largest absolute Gasteiger partial charge is 0.506 e. The monoisotopic (exact) mass is 654 g/mol. The Kier molecular flexibility index (Phi) is 6.43. The molecular formula is C33H26N4O11. The fourth-order valence-corrected chi connectivity index (χ4v) is 6.95. The number of nitrogens with zero attached hydrogens (tertiary/aromatic N) is 2. The van der Waals surface area contributed by atoms with E-state index >= 15 is 0 Å². The molecule has 2 aliphatic rings. The standard InChI is InChI=1S/C33H26N4O11/c38-11-18-27(41)28(42)29(43)32(48-18)36-25-15(4-2-6-17(25)40)20-22-21(19-14-3-1-5-16(39)23(14)34-24(19)26(20)36)30(44)37(31(22)45)35-13-9-7-12(8-10-13)33(46)47/h1-10,18,27-29,32,34-35,38-43H,11H2,(H,46,47)/t18-,27-,28+,29-,32-/m1/s1. The number of aromatic carboxylic acids is 1. The summed E-state index contributed by atoms with van der Waals surface area (Å²) >= 11 is 0. The molecule has 9 N–H and O–H groups in total. The van der Waals surface area contributed by atoms with Crippen molar-refractivity contribution in [3.8, 4) is 11.5 Å². The maximum absolute atomic E-state index is 14.4. The van der Waals surface area contributed by atoms with Crippen LogP contribution in [0.4, 0.5) is 5.69 Å². The Hall–Kier alpha value is -5.71. The van der Waals surface area contributed by atoms with E-state index in [1.807, 2.05) is 0 Å². The van der Waals surface area contributed by atoms with E-state index in [1.165, 1.54) is 47.0 Å². The van der Waals surface area contributed by atoms with Crippen LogP contribution in [-0.2, 0) is 4.74 Å². The highest BCUT2D eigenvalue weighted by Crippen LogP contribution is 2.49. The third-order valence-corrected chi connectivity index (χ3v) is 9.13. The Labute approximate surface area is 268 Å². The van der Waals surface area contributed by atoms with Crippen LogP contribution in [0, 0.1) is 0 Å². The van der Waals surface area contributed by atoms with E-state index in [0.717, 1.165) is 5.01 Å². The van der Waals surface area contributed by atoms with E-state index in [-0.39, 0.29) is 72.1 Å². The SMILES string of the molecule is O=C(O)c1ccc(NN2C(=O)c3c(c4c5cccc(O)c5n([C@@H]5O[C@H](CO)[C@@H](O)[C@H](O)[C@H]5O)c4c4[nH]c5c(O)cccc5c34)C2=O)cc1. The van der Waals surface area contributed by atoms with Crippen LogP contribution >= 0.6 is 0 Å². The predicted octanol–water partition coefficient (Wildman–Crippen LogP) is 2.13. The van der Waals surface area contributed by atoms with Crippen molar-refractivity contribution in [2.45, 2.75) is 30.6 Å². The zero-order valence-corrected chi connectivity index (χ0v) is 24.5. The van der Waals surface area contributed by atoms with Crippen LogP contribution in [0.2, 0.25) is 0 Å². The maximum Gasteiger partial charge on any atom is 0.335 e. The molecule has 1 saturated heterocycles. The van der Waals surface area contributed by atoms with Gasteiger partial charge in [-0.05, 0) is 36.4 Å². The molecule has 0 spiro atoms. The Bertz CT molecular complexity index is 2360. The molecule has 0 aliphatic carbocycles. The molecule has 0 saturated carbocycles. The minimum absolute atomic E-state index is 0.00857. The highest BCUT2D eigenvalue weighted by atomic mass is 16.6. The zero-order chi connectivity index (χ0) is 33.8. The summed E-state index contributed by atoms with van der Waals surface area (Å²) in [4.78, 5) is 43.1. The lowest BCUT2D eigenvalue weighted by Crippen LogP contribution is -2.56. The molecule has 2 amide bonds. The number of aromatic amines is 1. The van der Waals surface area contributed by atoms with Gasteiger partial charge in [0.2, 0.25) is 0 Å². The van der Waals surface area contributed by atoms with E-state index in [4.69, 9.17) is 4.74 Å². The number of phenols is 2. The number of ether oxygens (including phenoxy) is 1. The van der Waals surface area contributed by atoms with Gasteiger partial charge >= 0.3 is 5.97 Å². The van der Waals surface area contributed by atoms with Gasteiger partial charge in [-0.3, -0.25) is 15.0 Å². The van der Waals surface area contributed by atoms with Crippen LogP contribution in [0.15, 0.2) is 60.7 Å². The van der Waals surface area contributed by atoms with Crippen molar-refractivity contribution in [2.75, 3.05) is 12.0 Å². The van der Waals surface area contributed by atoms with Gasteiger partial charge in [-0.2, -0.15) is 5.01 Å². The zero-order valence-electron chi connectivity index (χ0n) is 24.5. The second kappa shape index (κ2) is 10.4. The number of hydrazine groups is 1. The van der Waals surface area contributed by atoms with Crippen LogP contribution in [-0.4, -0.2) is 99.1 Å². The molecule has 2 aliphatic heterocycles. The molecular weight excluding hydrogens is 628 g/mol. The third-order valence-electron chi connectivity index (χ3n) is 9.13. The Morgan fingerprint density at radius 1 is 0.792 bits per heavy atom. The summed E-state index contributed by atoms with van der Waals surface area (Å²) < 4.78 is 7.29. The molecule has 0 unspecified atom stereocenters. The van der Waals surface area contributed by atoms with Gasteiger partial charge in [0, 0.05) is 21.5 Å². The number of hydrogen-bond acceptors (Lipinski definition) is 11. The molecule has 48 heavy (non-hydrogen) atoms. The molecule has 8 rings (SSSR count). The fraction of sp³-hybridized carbons (Fsp3) is 0.182. The van der Waals surface area contributed by atoms with Gasteiger partial charge in [-0.1, -0.05) is 24.3 Å². The van der Waals surface area contributed by atoms with Crippen LogP contribution in [0.5, 0.6) is 11.5 Å². The quantitative estimate of drug-likeness (QED) is 0.122. The number of amides is 2. The molecule has 4 aromatic carbocycles. The number of aliphatic hydroxyl groups is 4. The first kappa shape index (κ1) is 29.7. The second-order valence-corrected chi connectivity index (χ2v) is 11.8. The number of hydrogen-bond donors (Lipinski definition) is 9. The van der Waals surface area contributed by atoms with Crippen molar-refractivity contribution < 1.29 is 54.9 Å². The first-order chi connectivity index (χ1) is 23.0. The summed E-state index contributed by atoms with van der Waals surface area (Å²) in [6.07, 6.45) is -8.12. The normalized spacial score (nSPS) is 22.8. The number of aromatic nitrogens is 2. The van der Waals surface area contributed by atoms with E-state index < -0.39 is 55.0 Å². The van der Waals surface area contributed by atoms with Crippen LogP contribution in [0.25, 0.3) is 43.6 Å². The minimum atomic E-state index is -1.80. The van der Waals surface area contributed by atoms with Crippen molar-refractivity contribution in [2.24, 2.45) is 0 Å². The van der Waals surface area contributed by atoms with Gasteiger partial charge in [0.25, 0.3) is 11.8 Å². The average Bonchev–Trinajstić information content (AvgIpc) is 3.70. The summed E-state index contributed by atoms with van der Waals surface area (Å²) in [6.45, 7) is -0.726. The van der Waals surface area contributed by atoms with Crippen LogP contribution in [0.3, 0.4) is 0 Å². The van der Waals surface area contributed by atoms with Crippen LogP contribution in [0.1, 0.15) is 37.3 Å². The molecule has 5 atom stereocenters. The molecule has 6 aromatic rings. The number of imide groups is 1. The summed E-state index contributed by atoms with van der Waals surface area (Å²) in [5.41, 5.74) is 3.49. The topological polar surface area (TPSA) is 238 Å². The molecule has 0 bridgehead atoms. The molecule has 1 fully saturated rings. The number of benzene rings is 4. The van der Waals surface area contributed by atoms with E-state index in [9.17, 15) is 50.1 Å². The number of rotatable bonds is 5. The van der Waals surface area contributed by atoms with Crippen molar-refractivity contribution in [1.82, 2.24) is 14.6 Å². The lowest BCUT2D eigenvalue weighted by Gasteiger charge is -2.41. The number of H-pyrrole nitrogens is 1. The molecule has 15 heteroatoms. The van der Waals surface area contributed by atoms with E-state index in [1.54, 1.807) is 18.2 Å². The molecule has 244 valence electrons. The van der Waals surface area contributed by atoms with Gasteiger partial charge in [-0.15, -0.1) is 0 Å². The number of para-hydroxylation sites is 2. The molecule has 15 nitrogen and oxygen atoms in total. The van der Waals surface area contributed by atoms with Gasteiger partial charge in [0.05, 0.1) is 51.1 Å². The van der Waals surface area contributed by atoms with Crippen LogP contribution < -0.4 is 5.43 Å². The van der Waals surface area contributed by atoms with Crippen molar-refractivity contribution in [3.63, 3.8) is 0 Å². The number of aromatic hydroxyl groups is 2. The lowest BCUT2D eigenvalue weighted by molar-refractivity contribution is -0.249. The number of carboxylic acids is 1. The smallest absolute Gasteiger partial charge is 0.335 e. The third kappa shape index (κ3) is 3.90. The first-order valence-electron chi connectivity index (χ1n) is 14.8. The fourth-order valence-electron chi connectivity index (χ4n) is 6.95. The lowest BCUT2D eigenvalue weighted by atomic mass is 9.96. The second-order valence-electron chi connectivity index (χ2n) is 11.8. The van der Waals surface area contributed by atoms with Crippen molar-refractivity contribution in [3.05, 3.63) is 77.4 Å². The Morgan fingerprint density at radius 3 is 2.10 bits per heavy atom. The van der Waals surface area contributed by atoms with Gasteiger partial charge in [0.1, 0.15) is 35.9 Å². The average molecular weight is 655 g/mol. The number of nitrogens with one attached hydrogen (secondary N) is 2. The number of carboxylic acid groups (broad SMARTS) is 1. The predicted molar refractivity (Wildman–Crippen MR) is 169 cm³/mol. The first-order valence-corrected chi connectivity index (χ1v) is 14.8. The highest BCUT2D eigenvalue weighted by Gasteiger charge is 2.47. The number of carbonyl (C=O) groups is 3. The molecule has 2 aromatic heterocycles. The maximum atomic E-state index is 14.4. The summed E-state index contributed by atoms with van der Waals surface area (Å²) in [5, 5.41) is 75.7. The summed E-state index contributed by atoms with van der Waals surface area (Å²) in [6, 6.07) is 14.5. The molecule has 4 heterocycles. The van der Waals surface area contributed by atoms with Crippen molar-refractivity contribution in [1.29, 1.82) is 0 Å². The number of phenolic OH excluding ortho intramolecular Hbond substituents is 2.